The number of amidine groups is 1. The highest BCUT2D eigenvalue weighted by Gasteiger charge is 2.41. The first-order valence-corrected chi connectivity index (χ1v) is 12.4. The summed E-state index contributed by atoms with van der Waals surface area (Å²) in [7, 11) is 2.97. The molecule has 1 N–H and O–H groups in total. The van der Waals surface area contributed by atoms with E-state index in [0.717, 1.165) is 29.3 Å². The molecule has 0 aromatic heterocycles. The van der Waals surface area contributed by atoms with E-state index in [0.29, 0.717) is 23.6 Å². The maximum Gasteiger partial charge on any atom is 0.338 e. The first-order chi connectivity index (χ1) is 17.0. The molecule has 0 saturated heterocycles. The average molecular weight is 492 g/mol. The second-order valence-corrected chi connectivity index (χ2v) is 9.11. The summed E-state index contributed by atoms with van der Waals surface area (Å²) >= 11 is 1.45. The minimum absolute atomic E-state index is 0.0681. The van der Waals surface area contributed by atoms with Crippen LogP contribution in [0.2, 0.25) is 0 Å². The lowest BCUT2D eigenvalue weighted by atomic mass is 9.93. The minimum atomic E-state index is -0.475. The molecule has 0 unspecified atom stereocenters. The van der Waals surface area contributed by atoms with Crippen LogP contribution >= 0.6 is 11.8 Å². The average Bonchev–Trinajstić information content (AvgIpc) is 3.27. The van der Waals surface area contributed by atoms with E-state index in [-0.39, 0.29) is 12.3 Å². The van der Waals surface area contributed by atoms with E-state index in [4.69, 9.17) is 9.47 Å². The van der Waals surface area contributed by atoms with E-state index in [9.17, 15) is 9.59 Å². The van der Waals surface area contributed by atoms with Crippen LogP contribution in [0.15, 0.2) is 82.0 Å². The number of esters is 1. The number of methoxy groups -OCH3 is 2. The number of carbonyl (C=O) groups excluding carboxylic acids is 2. The number of allylic oxidation sites excluding steroid dienone is 1. The van der Waals surface area contributed by atoms with Gasteiger partial charge in [0.1, 0.15) is 5.75 Å². The van der Waals surface area contributed by atoms with Crippen LogP contribution in [-0.2, 0) is 20.7 Å². The molecule has 0 aliphatic carbocycles. The van der Waals surface area contributed by atoms with Crippen molar-refractivity contribution in [2.24, 2.45) is 4.99 Å². The number of aryl methyl sites for hydroxylation is 1. The Labute approximate surface area is 209 Å². The fourth-order valence-corrected chi connectivity index (χ4v) is 5.22. The molecule has 2 heterocycles. The second-order valence-electron chi connectivity index (χ2n) is 8.28. The number of ether oxygens (including phenoxy) is 2. The molecule has 2 aliphatic heterocycles. The third-order valence-corrected chi connectivity index (χ3v) is 6.85. The van der Waals surface area contributed by atoms with Crippen molar-refractivity contribution < 1.29 is 19.1 Å². The maximum absolute atomic E-state index is 12.8. The lowest BCUT2D eigenvalue weighted by molar-refractivity contribution is -0.136. The van der Waals surface area contributed by atoms with Gasteiger partial charge >= 0.3 is 5.97 Å². The summed E-state index contributed by atoms with van der Waals surface area (Å²) in [4.78, 5) is 32.2. The van der Waals surface area contributed by atoms with Crippen LogP contribution in [0, 0.1) is 0 Å². The van der Waals surface area contributed by atoms with Gasteiger partial charge in [-0.1, -0.05) is 54.2 Å². The number of fused-ring (bicyclic) bond motifs is 1. The number of carbonyl (C=O) groups is 2. The first-order valence-electron chi connectivity index (χ1n) is 11.5. The van der Waals surface area contributed by atoms with Crippen molar-refractivity contribution in [1.29, 1.82) is 0 Å². The zero-order valence-corrected chi connectivity index (χ0v) is 20.9. The summed E-state index contributed by atoms with van der Waals surface area (Å²) in [6, 6.07) is 17.3. The summed E-state index contributed by atoms with van der Waals surface area (Å²) < 4.78 is 10.5. The molecule has 1 atom stereocenters. The Morgan fingerprint density at radius 3 is 2.66 bits per heavy atom. The quantitative estimate of drug-likeness (QED) is 0.409. The van der Waals surface area contributed by atoms with E-state index in [1.165, 1.54) is 24.4 Å². The summed E-state index contributed by atoms with van der Waals surface area (Å²) in [6.45, 7) is 2.41. The molecule has 2 aliphatic rings. The van der Waals surface area contributed by atoms with Crippen molar-refractivity contribution in [3.63, 3.8) is 0 Å². The van der Waals surface area contributed by atoms with Gasteiger partial charge in [-0.2, -0.15) is 0 Å². The van der Waals surface area contributed by atoms with Gasteiger partial charge in [-0.3, -0.25) is 4.79 Å². The topological polar surface area (TPSA) is 80.2 Å². The van der Waals surface area contributed by atoms with E-state index < -0.39 is 12.0 Å². The Balaban J connectivity index is 1.50. The fraction of sp³-hybridized carbons (Fsp3) is 0.296. The van der Waals surface area contributed by atoms with Crippen LogP contribution in [0.3, 0.4) is 0 Å². The molecule has 2 aromatic rings. The van der Waals surface area contributed by atoms with Gasteiger partial charge in [0.2, 0.25) is 5.91 Å². The minimum Gasteiger partial charge on any atom is -0.497 e. The predicted molar refractivity (Wildman–Crippen MR) is 138 cm³/mol. The van der Waals surface area contributed by atoms with Gasteiger partial charge in [0.25, 0.3) is 0 Å². The zero-order valence-electron chi connectivity index (χ0n) is 20.1. The number of hydrogen-bond acceptors (Lipinski definition) is 7. The van der Waals surface area contributed by atoms with Crippen molar-refractivity contribution in [3.8, 4) is 5.75 Å². The molecule has 0 bridgehead atoms. The molecule has 182 valence electrons. The van der Waals surface area contributed by atoms with E-state index >= 15 is 0 Å². The molecule has 2 aromatic carbocycles. The van der Waals surface area contributed by atoms with Gasteiger partial charge in [-0.15, -0.1) is 0 Å². The molecule has 4 rings (SSSR count). The Hall–Kier alpha value is -3.52. The summed E-state index contributed by atoms with van der Waals surface area (Å²) in [6.07, 6.45) is 1.96. The molecule has 0 radical (unpaired) electrons. The van der Waals surface area contributed by atoms with Crippen molar-refractivity contribution in [2.75, 3.05) is 20.8 Å². The van der Waals surface area contributed by atoms with Gasteiger partial charge in [0.15, 0.2) is 5.17 Å². The maximum atomic E-state index is 12.8. The van der Waals surface area contributed by atoms with Crippen LogP contribution in [0.1, 0.15) is 36.9 Å². The van der Waals surface area contributed by atoms with Crippen molar-refractivity contribution in [2.45, 2.75) is 32.2 Å². The number of nitrogens with one attached hydrogen (secondary N) is 1. The predicted octanol–water partition coefficient (Wildman–Crippen LogP) is 4.58. The molecule has 35 heavy (non-hydrogen) atoms. The van der Waals surface area contributed by atoms with E-state index in [2.05, 4.69) is 22.4 Å². The number of thioether (sulfide) groups is 1. The van der Waals surface area contributed by atoms with Crippen LogP contribution in [0.25, 0.3) is 0 Å². The molecule has 8 heteroatoms. The van der Waals surface area contributed by atoms with Crippen molar-refractivity contribution in [1.82, 2.24) is 10.2 Å². The summed E-state index contributed by atoms with van der Waals surface area (Å²) in [5.41, 5.74) is 3.94. The lowest BCUT2D eigenvalue weighted by Crippen LogP contribution is -2.38. The number of benzene rings is 2. The fourth-order valence-electron chi connectivity index (χ4n) is 4.26. The number of aliphatic imine (C=N–C) groups is 1. The third kappa shape index (κ3) is 5.59. The van der Waals surface area contributed by atoms with Crippen LogP contribution in [0.4, 0.5) is 0 Å². The van der Waals surface area contributed by atoms with Gasteiger partial charge in [0.05, 0.1) is 38.0 Å². The highest BCUT2D eigenvalue weighted by Crippen LogP contribution is 2.45. The standard InChI is InChI=1S/C27H29N3O4S/c1-18-24(26(32)34-3)25(20-12-7-13-22(15-20)33-2)30-21(17-35-27(30)29-18)16-23(31)28-14-8-11-19-9-5-4-6-10-19/h4-7,9-10,12-13,15,17,25H,8,11,14,16H2,1-3H3,(H,28,31)/t25-/m0/s1. The Bertz CT molecular complexity index is 1190. The Kier molecular flexibility index (Phi) is 7.92. The van der Waals surface area contributed by atoms with E-state index in [1.807, 2.05) is 59.7 Å². The SMILES string of the molecule is COC(=O)C1=C(C)N=C2SC=C(CC(=O)NCCCc3ccccc3)N2[C@H]1c1cccc(OC)c1. The molecule has 0 fully saturated rings. The lowest BCUT2D eigenvalue weighted by Gasteiger charge is -2.36. The number of nitrogens with zero attached hydrogens (tertiary/aromatic N) is 2. The normalized spacial score (nSPS) is 16.9. The second kappa shape index (κ2) is 11.3. The summed E-state index contributed by atoms with van der Waals surface area (Å²) in [5.74, 6) is 0.170. The summed E-state index contributed by atoms with van der Waals surface area (Å²) in [5, 5.41) is 5.69. The van der Waals surface area contributed by atoms with Crippen LogP contribution in [0.5, 0.6) is 5.75 Å². The molecule has 1 amide bonds. The molecule has 0 spiro atoms. The first kappa shape index (κ1) is 24.6. The van der Waals surface area contributed by atoms with Crippen LogP contribution < -0.4 is 10.1 Å². The zero-order chi connectivity index (χ0) is 24.8. The van der Waals surface area contributed by atoms with Gasteiger partial charge < -0.3 is 19.7 Å². The molecular weight excluding hydrogens is 462 g/mol. The number of rotatable bonds is 9. The van der Waals surface area contributed by atoms with Crippen molar-refractivity contribution in [3.05, 3.63) is 88.1 Å². The van der Waals surface area contributed by atoms with Crippen LogP contribution in [-0.4, -0.2) is 42.7 Å². The number of hydrogen-bond donors (Lipinski definition) is 1. The van der Waals surface area contributed by atoms with E-state index in [1.54, 1.807) is 7.11 Å². The number of amides is 1. The molecular formula is C27H29N3O4S. The molecule has 0 saturated carbocycles. The van der Waals surface area contributed by atoms with Gasteiger partial charge in [0, 0.05) is 12.2 Å². The molecule has 7 nitrogen and oxygen atoms in total. The Morgan fingerprint density at radius 2 is 1.91 bits per heavy atom. The Morgan fingerprint density at radius 1 is 1.11 bits per heavy atom. The van der Waals surface area contributed by atoms with Gasteiger partial charge in [-0.25, -0.2) is 9.79 Å². The third-order valence-electron chi connectivity index (χ3n) is 5.96. The smallest absolute Gasteiger partial charge is 0.338 e. The van der Waals surface area contributed by atoms with Crippen molar-refractivity contribution >= 4 is 28.8 Å². The van der Waals surface area contributed by atoms with Gasteiger partial charge in [-0.05, 0) is 48.4 Å². The highest BCUT2D eigenvalue weighted by atomic mass is 32.2. The largest absolute Gasteiger partial charge is 0.497 e. The monoisotopic (exact) mass is 491 g/mol. The highest BCUT2D eigenvalue weighted by molar-refractivity contribution is 8.16.